The summed E-state index contributed by atoms with van der Waals surface area (Å²) in [7, 11) is 1.68. The molecule has 0 aromatic heterocycles. The van der Waals surface area contributed by atoms with Crippen molar-refractivity contribution in [1.29, 1.82) is 0 Å². The minimum atomic E-state index is -0.285. The van der Waals surface area contributed by atoms with Gasteiger partial charge in [0, 0.05) is 31.8 Å². The van der Waals surface area contributed by atoms with E-state index in [1.165, 1.54) is 23.8 Å². The molecule has 0 fully saturated rings. The van der Waals surface area contributed by atoms with E-state index in [-0.39, 0.29) is 11.7 Å². The van der Waals surface area contributed by atoms with Crippen LogP contribution in [0, 0.1) is 5.82 Å². The van der Waals surface area contributed by atoms with Crippen LogP contribution in [0.3, 0.4) is 0 Å². The maximum Gasteiger partial charge on any atom is 0.243 e. The molecule has 1 amide bonds. The molecular formula is C24H31FN2O2. The van der Waals surface area contributed by atoms with E-state index in [2.05, 4.69) is 36.2 Å². The summed E-state index contributed by atoms with van der Waals surface area (Å²) in [6.07, 6.45) is 5.01. The molecule has 0 atom stereocenters. The van der Waals surface area contributed by atoms with Crippen molar-refractivity contribution >= 4 is 12.0 Å². The Morgan fingerprint density at radius 1 is 1.17 bits per heavy atom. The number of methoxy groups -OCH3 is 1. The number of nitrogens with one attached hydrogen (secondary N) is 1. The van der Waals surface area contributed by atoms with E-state index in [0.717, 1.165) is 37.2 Å². The summed E-state index contributed by atoms with van der Waals surface area (Å²) in [5.74, 6) is 0.463. The number of amides is 1. The summed E-state index contributed by atoms with van der Waals surface area (Å²) in [6.45, 7) is 6.88. The highest BCUT2D eigenvalue weighted by atomic mass is 19.1. The zero-order valence-electron chi connectivity index (χ0n) is 17.5. The van der Waals surface area contributed by atoms with Crippen molar-refractivity contribution in [1.82, 2.24) is 10.2 Å². The van der Waals surface area contributed by atoms with Crippen molar-refractivity contribution < 1.29 is 13.9 Å². The molecule has 2 aromatic rings. The predicted molar refractivity (Wildman–Crippen MR) is 116 cm³/mol. The molecule has 2 rings (SSSR count). The number of carbonyl (C=O) groups excluding carboxylic acids is 1. The van der Waals surface area contributed by atoms with Gasteiger partial charge in [-0.1, -0.05) is 24.3 Å². The Bertz CT molecular complexity index is 788. The Hall–Kier alpha value is -2.66. The second-order valence-corrected chi connectivity index (χ2v) is 7.26. The van der Waals surface area contributed by atoms with Gasteiger partial charge < -0.3 is 15.0 Å². The van der Waals surface area contributed by atoms with E-state index in [9.17, 15) is 9.18 Å². The Kier molecular flexibility index (Phi) is 9.38. The maximum atomic E-state index is 12.9. The molecule has 0 spiro atoms. The number of rotatable bonds is 11. The minimum absolute atomic E-state index is 0.137. The average molecular weight is 399 g/mol. The zero-order chi connectivity index (χ0) is 21.1. The standard InChI is InChI=1S/C24H31FN2O2/c1-19(2)27(17-14-21-6-4-7-23(18-21)29-3)16-5-15-26-24(28)13-10-20-8-11-22(25)12-9-20/h4,6-13,18-19H,5,14-17H2,1-3H3,(H,26,28). The van der Waals surface area contributed by atoms with Gasteiger partial charge in [-0.2, -0.15) is 0 Å². The molecule has 0 aliphatic heterocycles. The molecular weight excluding hydrogens is 367 g/mol. The van der Waals surface area contributed by atoms with Crippen LogP contribution in [0.2, 0.25) is 0 Å². The molecule has 0 radical (unpaired) electrons. The highest BCUT2D eigenvalue weighted by Crippen LogP contribution is 2.14. The zero-order valence-corrected chi connectivity index (χ0v) is 17.5. The van der Waals surface area contributed by atoms with E-state index in [1.54, 1.807) is 25.3 Å². The van der Waals surface area contributed by atoms with Crippen molar-refractivity contribution in [3.05, 3.63) is 71.6 Å². The molecule has 5 heteroatoms. The lowest BCUT2D eigenvalue weighted by Gasteiger charge is -2.26. The van der Waals surface area contributed by atoms with Crippen LogP contribution >= 0.6 is 0 Å². The number of halogens is 1. The van der Waals surface area contributed by atoms with Gasteiger partial charge in [0.25, 0.3) is 0 Å². The summed E-state index contributed by atoms with van der Waals surface area (Å²) >= 11 is 0. The van der Waals surface area contributed by atoms with Gasteiger partial charge in [0.2, 0.25) is 5.91 Å². The molecule has 29 heavy (non-hydrogen) atoms. The molecule has 0 saturated carbocycles. The van der Waals surface area contributed by atoms with Crippen LogP contribution in [0.5, 0.6) is 5.75 Å². The summed E-state index contributed by atoms with van der Waals surface area (Å²) in [6, 6.07) is 14.6. The van der Waals surface area contributed by atoms with E-state index in [4.69, 9.17) is 4.74 Å². The second kappa shape index (κ2) is 12.0. The molecule has 0 aliphatic rings. The largest absolute Gasteiger partial charge is 0.497 e. The molecule has 1 N–H and O–H groups in total. The van der Waals surface area contributed by atoms with Gasteiger partial charge in [-0.05, 0) is 68.2 Å². The fraction of sp³-hybridized carbons (Fsp3) is 0.375. The number of hydrogen-bond donors (Lipinski definition) is 1. The lowest BCUT2D eigenvalue weighted by atomic mass is 10.1. The maximum absolute atomic E-state index is 12.9. The lowest BCUT2D eigenvalue weighted by molar-refractivity contribution is -0.116. The van der Waals surface area contributed by atoms with Crippen LogP contribution in [0.25, 0.3) is 6.08 Å². The van der Waals surface area contributed by atoms with E-state index in [0.29, 0.717) is 12.6 Å². The Labute approximate surface area is 173 Å². The van der Waals surface area contributed by atoms with Crippen LogP contribution in [-0.4, -0.2) is 43.6 Å². The molecule has 156 valence electrons. The van der Waals surface area contributed by atoms with Gasteiger partial charge in [-0.3, -0.25) is 4.79 Å². The number of hydrogen-bond acceptors (Lipinski definition) is 3. The monoisotopic (exact) mass is 398 g/mol. The van der Waals surface area contributed by atoms with E-state index in [1.807, 2.05) is 12.1 Å². The van der Waals surface area contributed by atoms with Crippen LogP contribution < -0.4 is 10.1 Å². The summed E-state index contributed by atoms with van der Waals surface area (Å²) in [5, 5.41) is 2.90. The summed E-state index contributed by atoms with van der Waals surface area (Å²) in [4.78, 5) is 14.4. The first-order chi connectivity index (χ1) is 14.0. The molecule has 0 heterocycles. The molecule has 4 nitrogen and oxygen atoms in total. The van der Waals surface area contributed by atoms with Crippen molar-refractivity contribution in [2.75, 3.05) is 26.7 Å². The van der Waals surface area contributed by atoms with Crippen LogP contribution in [0.15, 0.2) is 54.6 Å². The minimum Gasteiger partial charge on any atom is -0.497 e. The quantitative estimate of drug-likeness (QED) is 0.453. The van der Waals surface area contributed by atoms with E-state index < -0.39 is 0 Å². The highest BCUT2D eigenvalue weighted by molar-refractivity contribution is 5.91. The lowest BCUT2D eigenvalue weighted by Crippen LogP contribution is -2.35. The average Bonchev–Trinajstić information content (AvgIpc) is 2.72. The number of benzene rings is 2. The molecule has 0 saturated heterocycles. The van der Waals surface area contributed by atoms with Gasteiger partial charge in [0.15, 0.2) is 0 Å². The van der Waals surface area contributed by atoms with Crippen LogP contribution in [-0.2, 0) is 11.2 Å². The predicted octanol–water partition coefficient (Wildman–Crippen LogP) is 4.31. The van der Waals surface area contributed by atoms with Gasteiger partial charge >= 0.3 is 0 Å². The summed E-state index contributed by atoms with van der Waals surface area (Å²) in [5.41, 5.74) is 2.05. The van der Waals surface area contributed by atoms with Crippen molar-refractivity contribution in [2.45, 2.75) is 32.7 Å². The third-order valence-electron chi connectivity index (χ3n) is 4.77. The SMILES string of the molecule is COc1cccc(CCN(CCCNC(=O)C=Cc2ccc(F)cc2)C(C)C)c1. The molecule has 0 bridgehead atoms. The first-order valence-corrected chi connectivity index (χ1v) is 10.1. The Morgan fingerprint density at radius 2 is 1.93 bits per heavy atom. The topological polar surface area (TPSA) is 41.6 Å². The molecule has 0 aliphatic carbocycles. The molecule has 0 unspecified atom stereocenters. The van der Waals surface area contributed by atoms with Crippen LogP contribution in [0.4, 0.5) is 4.39 Å². The second-order valence-electron chi connectivity index (χ2n) is 7.26. The first-order valence-electron chi connectivity index (χ1n) is 10.1. The third-order valence-corrected chi connectivity index (χ3v) is 4.77. The fourth-order valence-electron chi connectivity index (χ4n) is 3.03. The van der Waals surface area contributed by atoms with Gasteiger partial charge in [0.05, 0.1) is 7.11 Å². The number of carbonyl (C=O) groups is 1. The highest BCUT2D eigenvalue weighted by Gasteiger charge is 2.09. The van der Waals surface area contributed by atoms with E-state index >= 15 is 0 Å². The molecule has 2 aromatic carbocycles. The van der Waals surface area contributed by atoms with Gasteiger partial charge in [0.1, 0.15) is 11.6 Å². The smallest absolute Gasteiger partial charge is 0.243 e. The van der Waals surface area contributed by atoms with Crippen LogP contribution in [0.1, 0.15) is 31.4 Å². The Balaban J connectivity index is 1.71. The first kappa shape index (κ1) is 22.6. The fourth-order valence-corrected chi connectivity index (χ4v) is 3.03. The summed E-state index contributed by atoms with van der Waals surface area (Å²) < 4.78 is 18.2. The Morgan fingerprint density at radius 3 is 2.62 bits per heavy atom. The van der Waals surface area contributed by atoms with Crippen molar-refractivity contribution in [2.24, 2.45) is 0 Å². The number of ether oxygens (including phenoxy) is 1. The van der Waals surface area contributed by atoms with Crippen molar-refractivity contribution in [3.63, 3.8) is 0 Å². The van der Waals surface area contributed by atoms with Gasteiger partial charge in [-0.25, -0.2) is 4.39 Å². The third kappa shape index (κ3) is 8.48. The number of nitrogens with zero attached hydrogens (tertiary/aromatic N) is 1. The van der Waals surface area contributed by atoms with Gasteiger partial charge in [-0.15, -0.1) is 0 Å². The normalized spacial score (nSPS) is 11.4. The van der Waals surface area contributed by atoms with Crippen molar-refractivity contribution in [3.8, 4) is 5.75 Å².